The predicted octanol–water partition coefficient (Wildman–Crippen LogP) is 3.22. The molecule has 0 spiro atoms. The lowest BCUT2D eigenvalue weighted by molar-refractivity contribution is -0.137. The fourth-order valence-corrected chi connectivity index (χ4v) is 3.88. The lowest BCUT2D eigenvalue weighted by Gasteiger charge is -2.31. The van der Waals surface area contributed by atoms with E-state index in [2.05, 4.69) is 0 Å². The smallest absolute Gasteiger partial charge is 0.337 e. The van der Waals surface area contributed by atoms with Gasteiger partial charge in [0.05, 0.1) is 65.3 Å². The van der Waals surface area contributed by atoms with Gasteiger partial charge in [0.1, 0.15) is 5.75 Å². The summed E-state index contributed by atoms with van der Waals surface area (Å²) in [6.07, 6.45) is 3.10. The summed E-state index contributed by atoms with van der Waals surface area (Å²) in [6, 6.07) is 9.69. The second kappa shape index (κ2) is 11.3. The molecule has 0 aliphatic carbocycles. The van der Waals surface area contributed by atoms with E-state index in [9.17, 15) is 14.4 Å². The monoisotopic (exact) mass is 497 g/mol. The zero-order chi connectivity index (χ0) is 26.4. The maximum absolute atomic E-state index is 13.0. The van der Waals surface area contributed by atoms with Gasteiger partial charge < -0.3 is 33.3 Å². The largest absolute Gasteiger partial charge is 0.496 e. The molecule has 0 bridgehead atoms. The highest BCUT2D eigenvalue weighted by Crippen LogP contribution is 2.45. The van der Waals surface area contributed by atoms with Gasteiger partial charge in [-0.15, -0.1) is 0 Å². The molecule has 1 aliphatic rings. The van der Waals surface area contributed by atoms with Crippen molar-refractivity contribution in [3.8, 4) is 17.2 Å². The second-order valence-electron chi connectivity index (χ2n) is 7.48. The van der Waals surface area contributed by atoms with Crippen LogP contribution in [0.25, 0.3) is 0 Å². The third-order valence-corrected chi connectivity index (χ3v) is 5.65. The quantitative estimate of drug-likeness (QED) is 0.398. The van der Waals surface area contributed by atoms with Crippen LogP contribution < -0.4 is 19.1 Å². The molecule has 0 fully saturated rings. The first-order chi connectivity index (χ1) is 17.3. The van der Waals surface area contributed by atoms with Crippen LogP contribution in [-0.4, -0.2) is 60.6 Å². The Morgan fingerprint density at radius 1 is 0.639 bits per heavy atom. The minimum Gasteiger partial charge on any atom is -0.496 e. The summed E-state index contributed by atoms with van der Waals surface area (Å²) >= 11 is 0. The van der Waals surface area contributed by atoms with Crippen molar-refractivity contribution in [2.24, 2.45) is 0 Å². The molecular formula is C26H27NO9. The van der Waals surface area contributed by atoms with Gasteiger partial charge in [0.25, 0.3) is 0 Å². The summed E-state index contributed by atoms with van der Waals surface area (Å²) in [5, 5.41) is 0. The van der Waals surface area contributed by atoms with Gasteiger partial charge in [0.2, 0.25) is 0 Å². The molecule has 0 amide bonds. The number of carbonyl (C=O) groups is 3. The number of hydrogen-bond donors (Lipinski definition) is 0. The molecule has 36 heavy (non-hydrogen) atoms. The number of benzene rings is 2. The van der Waals surface area contributed by atoms with Crippen molar-refractivity contribution in [2.45, 2.75) is 5.92 Å². The third kappa shape index (κ3) is 4.97. The standard InChI is InChI=1S/C26H27NO9/c1-31-20-12-22(33-3)21(32-2)11-17(20)23-18(25(29)35-5)13-27(14-19(23)26(30)36-6)16-9-7-15(8-10-16)24(28)34-4/h7-14,23H,1-6H3. The molecule has 2 aromatic rings. The van der Waals surface area contributed by atoms with E-state index in [1.807, 2.05) is 0 Å². The van der Waals surface area contributed by atoms with E-state index in [0.717, 1.165) is 0 Å². The van der Waals surface area contributed by atoms with Crippen molar-refractivity contribution >= 4 is 23.6 Å². The second-order valence-corrected chi connectivity index (χ2v) is 7.48. The minimum absolute atomic E-state index is 0.142. The number of methoxy groups -OCH3 is 6. The molecule has 0 saturated carbocycles. The van der Waals surface area contributed by atoms with Crippen LogP contribution in [0.4, 0.5) is 5.69 Å². The van der Waals surface area contributed by atoms with E-state index in [4.69, 9.17) is 28.4 Å². The summed E-state index contributed by atoms with van der Waals surface area (Å²) < 4.78 is 31.2. The van der Waals surface area contributed by atoms with Gasteiger partial charge in [0.15, 0.2) is 11.5 Å². The van der Waals surface area contributed by atoms with Crippen molar-refractivity contribution in [2.75, 3.05) is 47.6 Å². The molecule has 0 saturated heterocycles. The number of nitrogens with zero attached hydrogens (tertiary/aromatic N) is 1. The molecule has 3 rings (SSSR count). The van der Waals surface area contributed by atoms with Gasteiger partial charge >= 0.3 is 17.9 Å². The van der Waals surface area contributed by atoms with Gasteiger partial charge in [-0.3, -0.25) is 0 Å². The Morgan fingerprint density at radius 2 is 1.11 bits per heavy atom. The van der Waals surface area contributed by atoms with Gasteiger partial charge in [-0.2, -0.15) is 0 Å². The van der Waals surface area contributed by atoms with Crippen LogP contribution in [0.5, 0.6) is 17.2 Å². The summed E-state index contributed by atoms with van der Waals surface area (Å²) in [4.78, 5) is 39.4. The third-order valence-electron chi connectivity index (χ3n) is 5.65. The molecule has 0 unspecified atom stereocenters. The van der Waals surface area contributed by atoms with Crippen LogP contribution in [0.15, 0.2) is 59.9 Å². The molecule has 1 aliphatic heterocycles. The molecule has 1 heterocycles. The number of esters is 3. The topological polar surface area (TPSA) is 110 Å². The van der Waals surface area contributed by atoms with E-state index >= 15 is 0 Å². The maximum atomic E-state index is 13.0. The number of hydrogen-bond acceptors (Lipinski definition) is 10. The molecule has 190 valence electrons. The van der Waals surface area contributed by atoms with E-state index in [1.165, 1.54) is 42.7 Å². The van der Waals surface area contributed by atoms with E-state index in [-0.39, 0.29) is 11.1 Å². The Kier molecular flexibility index (Phi) is 8.21. The Bertz CT molecular complexity index is 1180. The number of anilines is 1. The summed E-state index contributed by atoms with van der Waals surface area (Å²) in [5.41, 5.74) is 1.67. The molecule has 10 heteroatoms. The van der Waals surface area contributed by atoms with Gasteiger partial charge in [-0.25, -0.2) is 14.4 Å². The van der Waals surface area contributed by atoms with Crippen LogP contribution in [0.2, 0.25) is 0 Å². The molecule has 0 atom stereocenters. The van der Waals surface area contributed by atoms with Crippen LogP contribution >= 0.6 is 0 Å². The van der Waals surface area contributed by atoms with Crippen molar-refractivity contribution < 1.29 is 42.8 Å². The van der Waals surface area contributed by atoms with Crippen LogP contribution in [0.3, 0.4) is 0 Å². The van der Waals surface area contributed by atoms with Crippen LogP contribution in [0.1, 0.15) is 21.8 Å². The average Bonchev–Trinajstić information content (AvgIpc) is 2.94. The molecule has 10 nitrogen and oxygen atoms in total. The van der Waals surface area contributed by atoms with Crippen molar-refractivity contribution in [1.82, 2.24) is 0 Å². The fraction of sp³-hybridized carbons (Fsp3) is 0.269. The first-order valence-electron chi connectivity index (χ1n) is 10.7. The van der Waals surface area contributed by atoms with Crippen molar-refractivity contribution in [1.29, 1.82) is 0 Å². The zero-order valence-corrected chi connectivity index (χ0v) is 20.8. The SMILES string of the molecule is COC(=O)C1=CN(c2ccc(C(=O)OC)cc2)C=C(C(=O)OC)C1c1cc(OC)c(OC)cc1OC. The summed E-state index contributed by atoms with van der Waals surface area (Å²) in [5.74, 6) is -1.58. The highest BCUT2D eigenvalue weighted by Gasteiger charge is 2.38. The highest BCUT2D eigenvalue weighted by atomic mass is 16.5. The van der Waals surface area contributed by atoms with Gasteiger partial charge in [-0.05, 0) is 30.3 Å². The zero-order valence-electron chi connectivity index (χ0n) is 20.8. The first-order valence-corrected chi connectivity index (χ1v) is 10.7. The normalized spacial score (nSPS) is 13.2. The van der Waals surface area contributed by atoms with Crippen LogP contribution in [0, 0.1) is 0 Å². The molecule has 0 radical (unpaired) electrons. The van der Waals surface area contributed by atoms with E-state index in [1.54, 1.807) is 53.7 Å². The Hall–Kier alpha value is -4.47. The predicted molar refractivity (Wildman–Crippen MR) is 129 cm³/mol. The number of rotatable bonds is 8. The Labute approximate surface area is 208 Å². The van der Waals surface area contributed by atoms with Crippen molar-refractivity contribution in [3.63, 3.8) is 0 Å². The molecule has 2 aromatic carbocycles. The van der Waals surface area contributed by atoms with Crippen molar-refractivity contribution in [3.05, 3.63) is 71.1 Å². The fourth-order valence-electron chi connectivity index (χ4n) is 3.88. The Morgan fingerprint density at radius 3 is 1.56 bits per heavy atom. The van der Waals surface area contributed by atoms with E-state index in [0.29, 0.717) is 34.1 Å². The van der Waals surface area contributed by atoms with Gasteiger partial charge in [-0.1, -0.05) is 0 Å². The summed E-state index contributed by atoms with van der Waals surface area (Å²) in [6.45, 7) is 0. The maximum Gasteiger partial charge on any atom is 0.337 e. The molecular weight excluding hydrogens is 470 g/mol. The molecule has 0 N–H and O–H groups in total. The lowest BCUT2D eigenvalue weighted by atomic mass is 9.82. The average molecular weight is 498 g/mol. The minimum atomic E-state index is -0.912. The highest BCUT2D eigenvalue weighted by molar-refractivity contribution is 6.00. The van der Waals surface area contributed by atoms with Crippen LogP contribution in [-0.2, 0) is 23.8 Å². The van der Waals surface area contributed by atoms with Gasteiger partial charge in [0, 0.05) is 29.7 Å². The lowest BCUT2D eigenvalue weighted by Crippen LogP contribution is -2.29. The molecule has 0 aromatic heterocycles. The number of carbonyl (C=O) groups excluding carboxylic acids is 3. The Balaban J connectivity index is 2.23. The van der Waals surface area contributed by atoms with E-state index < -0.39 is 23.8 Å². The summed E-state index contributed by atoms with van der Waals surface area (Å²) in [7, 11) is 8.21. The number of ether oxygens (including phenoxy) is 6. The first kappa shape index (κ1) is 26.1.